The number of anilines is 3. The maximum atomic E-state index is 13.1. The van der Waals surface area contributed by atoms with Crippen LogP contribution in [-0.2, 0) is 33.1 Å². The number of aliphatic hydroxyl groups excluding tert-OH is 3. The van der Waals surface area contributed by atoms with Gasteiger partial charge in [-0.15, -0.1) is 0 Å². The number of aromatic nitrogens is 9. The summed E-state index contributed by atoms with van der Waals surface area (Å²) in [5.74, 6) is 11.7. The highest BCUT2D eigenvalue weighted by molar-refractivity contribution is 14.1. The summed E-state index contributed by atoms with van der Waals surface area (Å²) in [6.07, 6.45) is 7.49. The number of aromatic amines is 3. The summed E-state index contributed by atoms with van der Waals surface area (Å²) in [4.78, 5) is 97.1. The van der Waals surface area contributed by atoms with E-state index in [0.717, 1.165) is 9.99 Å². The van der Waals surface area contributed by atoms with Crippen molar-refractivity contribution in [2.45, 2.75) is 250 Å². The van der Waals surface area contributed by atoms with E-state index in [1.807, 2.05) is 38.5 Å². The van der Waals surface area contributed by atoms with Crippen molar-refractivity contribution in [1.82, 2.24) is 48.3 Å². The molecule has 530 valence electrons. The van der Waals surface area contributed by atoms with E-state index >= 15 is 0 Å². The van der Waals surface area contributed by atoms with Crippen LogP contribution in [0.25, 0.3) is 33.1 Å². The van der Waals surface area contributed by atoms with Gasteiger partial charge in [0.1, 0.15) is 18.7 Å². The summed E-state index contributed by atoms with van der Waals surface area (Å²) in [5.41, 5.74) is -0.589. The smallest absolute Gasteiger partial charge is 0.263 e. The second kappa shape index (κ2) is 34.3. The Morgan fingerprint density at radius 3 is 1.30 bits per heavy atom. The van der Waals surface area contributed by atoms with Crippen LogP contribution in [0.4, 0.5) is 17.8 Å². The van der Waals surface area contributed by atoms with Crippen LogP contribution in [0.15, 0.2) is 33.0 Å². The molecule has 6 aromatic heterocycles. The molecule has 0 bridgehead atoms. The van der Waals surface area contributed by atoms with Crippen LogP contribution in [0.3, 0.4) is 0 Å². The molecule has 3 aliphatic heterocycles. The minimum atomic E-state index is -0.639. The van der Waals surface area contributed by atoms with Gasteiger partial charge in [-0.2, -0.15) is 20.2 Å². The van der Waals surface area contributed by atoms with Crippen LogP contribution in [0.1, 0.15) is 212 Å². The molecule has 0 aromatic carbocycles. The van der Waals surface area contributed by atoms with Gasteiger partial charge in [-0.25, -0.2) is 0 Å². The van der Waals surface area contributed by atoms with Crippen molar-refractivity contribution in [1.29, 1.82) is 5.26 Å². The Labute approximate surface area is 581 Å². The number of rotatable bonds is 15. The summed E-state index contributed by atoms with van der Waals surface area (Å²) in [5, 5.41) is 45.1. The number of H-pyrrole nitrogens is 3. The van der Waals surface area contributed by atoms with Gasteiger partial charge in [0.15, 0.2) is 16.9 Å². The van der Waals surface area contributed by atoms with Crippen molar-refractivity contribution in [3.05, 3.63) is 64.3 Å². The maximum absolute atomic E-state index is 13.1. The molecule has 3 aliphatic rings. The standard InChI is InChI=1S/C27H42N5O4P.C21H28N4O4.C17H23IN4O4.C3H5NO/c1-10-12-13-18-15-31(23-22(18)24(33)29-26(28-23)30-25(34)27(7,8)9)21-14-20(19(11-2)35-21)36-37-32(16(3)4)17(5)6;1-6-8-9-12-11-25(15-10-13(26)14(7-2)29-15)17-16(12)18(27)23-20(22-17)24-19(28)21(3,4)5;1-5-10-9(23)6-11(26-10)22-7-8(18)12-13(22)19-16(20-14(12)24)21-15(25)17(2,3)4;4-2-1-3-5/h15-17,19-21,37H,10-11,14H2,1-9H3,(H2,28,29,30,33,34);11,13-15,26H,6-7,10H2,1-5H3,(H2,22,23,24,27,28);7,9-11,23H,5-6H2,1-4H3,(H2,19,20,21,24,25);5H,1,3H2/t19-,20-,21-;13-,14-,15-;9-,10-,11-;/m111./s1. The maximum Gasteiger partial charge on any atom is 0.263 e. The molecule has 1 unspecified atom stereocenters. The van der Waals surface area contributed by atoms with Crippen LogP contribution in [0.5, 0.6) is 0 Å². The molecule has 9 N–H and O–H groups in total. The lowest BCUT2D eigenvalue weighted by Crippen LogP contribution is -2.31. The fourth-order valence-electron chi connectivity index (χ4n) is 10.6. The summed E-state index contributed by atoms with van der Waals surface area (Å²) in [7, 11) is 0.232. The average molecular weight is 1480 g/mol. The lowest BCUT2D eigenvalue weighted by Gasteiger charge is -2.31. The van der Waals surface area contributed by atoms with E-state index in [9.17, 15) is 39.0 Å². The molecule has 9 rings (SSSR count). The predicted molar refractivity (Wildman–Crippen MR) is 383 cm³/mol. The number of nitriles is 1. The summed E-state index contributed by atoms with van der Waals surface area (Å²) >= 11 is 2.07. The minimum absolute atomic E-state index is 0.0174. The molecule has 9 heterocycles. The van der Waals surface area contributed by atoms with Gasteiger partial charge in [0.25, 0.3) is 16.7 Å². The van der Waals surface area contributed by atoms with Crippen LogP contribution in [0.2, 0.25) is 0 Å². The van der Waals surface area contributed by atoms with Crippen molar-refractivity contribution in [3.8, 4) is 29.8 Å². The molecule has 27 nitrogen and oxygen atoms in total. The minimum Gasteiger partial charge on any atom is -0.395 e. The number of halogens is 1. The van der Waals surface area contributed by atoms with E-state index in [4.69, 9.17) is 29.1 Å². The number of amides is 3. The van der Waals surface area contributed by atoms with Crippen LogP contribution in [-0.4, -0.2) is 137 Å². The molecule has 0 radical (unpaired) electrons. The van der Waals surface area contributed by atoms with Gasteiger partial charge in [0, 0.05) is 82.6 Å². The van der Waals surface area contributed by atoms with E-state index in [1.54, 1.807) is 89.9 Å². The fraction of sp³-hybridized carbons (Fsp3) is 0.618. The topological polar surface area (TPSA) is 364 Å². The number of aliphatic hydroxyl groups is 3. The van der Waals surface area contributed by atoms with Gasteiger partial charge in [-0.05, 0) is 69.5 Å². The number of carbonyl (C=O) groups excluding carboxylic acids is 3. The molecule has 0 spiro atoms. The number of fused-ring (bicyclic) bond motifs is 3. The number of hydrogen-bond acceptors (Lipinski definition) is 18. The zero-order valence-electron chi connectivity index (χ0n) is 59.0. The van der Waals surface area contributed by atoms with Gasteiger partial charge in [-0.3, -0.25) is 64.3 Å². The number of carbonyl (C=O) groups is 3. The molecule has 97 heavy (non-hydrogen) atoms. The van der Waals surface area contributed by atoms with Crippen molar-refractivity contribution in [2.75, 3.05) is 22.6 Å². The molecular formula is C68H98IN14O13P. The van der Waals surface area contributed by atoms with Crippen molar-refractivity contribution < 1.29 is 48.4 Å². The van der Waals surface area contributed by atoms with Crippen molar-refractivity contribution in [2.24, 2.45) is 16.2 Å². The Hall–Kier alpha value is -6.88. The first kappa shape index (κ1) is 79.1. The van der Waals surface area contributed by atoms with Gasteiger partial charge in [0.05, 0.1) is 92.0 Å². The third-order valence-corrected chi connectivity index (χ3v) is 18.4. The van der Waals surface area contributed by atoms with Gasteiger partial charge >= 0.3 is 0 Å². The molecular weight excluding hydrogens is 1380 g/mol. The Kier molecular flexibility index (Phi) is 27.9. The fourth-order valence-corrected chi connectivity index (χ4v) is 12.3. The molecule has 6 aromatic rings. The summed E-state index contributed by atoms with van der Waals surface area (Å²) in [6, 6.07) is 2.52. The van der Waals surface area contributed by atoms with Gasteiger partial charge in [0.2, 0.25) is 35.6 Å². The Morgan fingerprint density at radius 1 is 0.629 bits per heavy atom. The third-order valence-electron chi connectivity index (χ3n) is 15.9. The largest absolute Gasteiger partial charge is 0.395 e. The van der Waals surface area contributed by atoms with Crippen LogP contribution >= 0.6 is 31.5 Å². The van der Waals surface area contributed by atoms with E-state index in [2.05, 4.69) is 131 Å². The predicted octanol–water partition coefficient (Wildman–Crippen LogP) is 9.97. The molecule has 10 atom stereocenters. The molecule has 3 fully saturated rings. The molecule has 29 heteroatoms. The third kappa shape index (κ3) is 20.0. The number of nitrogens with one attached hydrogen (secondary N) is 6. The highest BCUT2D eigenvalue weighted by atomic mass is 127. The SMILES string of the molecule is CCC#Cc1cn([C@H]2C[C@@H](O)[C@@H](CC)O2)c2nc(NC(=O)C(C)(C)C)[nH]c(=O)c12.CCC#Cc1cn([C@H]2C[C@@H](OPN(C(C)C)C(C)C)[C@@H](CC)O2)c2nc(NC(=O)C(C)(C)C)[nH]c(=O)c12.CC[C@H]1O[C@@H](n2cc(I)c3c(=O)[nH]c(NC(=O)C(C)(C)C)nc32)C[C@H]1O.N#CCCO. The van der Waals surface area contributed by atoms with Crippen molar-refractivity contribution in [3.63, 3.8) is 0 Å². The average Bonchev–Trinajstić information content (AvgIpc) is 1.63. The Morgan fingerprint density at radius 2 is 0.979 bits per heavy atom. The number of ether oxygens (including phenoxy) is 3. The van der Waals surface area contributed by atoms with E-state index in [0.29, 0.717) is 101 Å². The molecule has 0 saturated carbocycles. The zero-order valence-corrected chi connectivity index (χ0v) is 62.2. The zero-order chi connectivity index (χ0) is 72.2. The first-order valence-corrected chi connectivity index (χ1v) is 35.0. The molecule has 0 aliphatic carbocycles. The Bertz CT molecular complexity index is 4090. The van der Waals surface area contributed by atoms with E-state index in [1.165, 1.54) is 0 Å². The second-order valence-electron chi connectivity index (χ2n) is 27.5. The Balaban J connectivity index is 0.000000225. The quantitative estimate of drug-likeness (QED) is 0.0262. The summed E-state index contributed by atoms with van der Waals surface area (Å²) < 4.78 is 33.2. The highest BCUT2D eigenvalue weighted by Crippen LogP contribution is 2.41. The second-order valence-corrected chi connectivity index (χ2v) is 29.6. The molecule has 3 amide bonds. The van der Waals surface area contributed by atoms with Gasteiger partial charge < -0.3 is 47.8 Å². The van der Waals surface area contributed by atoms with Crippen LogP contribution < -0.4 is 32.6 Å². The first-order chi connectivity index (χ1) is 45.5. The monoisotopic (exact) mass is 1480 g/mol. The van der Waals surface area contributed by atoms with Gasteiger partial charge in [-0.1, -0.05) is 121 Å². The lowest BCUT2D eigenvalue weighted by atomic mass is 9.96. The summed E-state index contributed by atoms with van der Waals surface area (Å²) in [6.45, 7) is 34.6. The van der Waals surface area contributed by atoms with Crippen molar-refractivity contribution >= 4 is 100 Å². The molecule has 3 saturated heterocycles. The van der Waals surface area contributed by atoms with E-state index in [-0.39, 0.29) is 105 Å². The number of nitrogens with zero attached hydrogens (tertiary/aromatic N) is 8. The highest BCUT2D eigenvalue weighted by Gasteiger charge is 2.40. The first-order valence-electron chi connectivity index (χ1n) is 33.1. The lowest BCUT2D eigenvalue weighted by molar-refractivity contribution is -0.123. The van der Waals surface area contributed by atoms with E-state index < -0.39 is 40.9 Å². The number of hydrogen-bond donors (Lipinski definition) is 9. The normalized spacial score (nSPS) is 21.0. The van der Waals surface area contributed by atoms with Crippen LogP contribution in [0, 0.1) is 54.8 Å².